The molecule has 2 saturated heterocycles. The van der Waals surface area contributed by atoms with Crippen LogP contribution in [0.25, 0.3) is 0 Å². The lowest BCUT2D eigenvalue weighted by Gasteiger charge is -2.49. The first-order chi connectivity index (χ1) is 31.3. The summed E-state index contributed by atoms with van der Waals surface area (Å²) in [5.74, 6) is -2.89. The highest BCUT2D eigenvalue weighted by Gasteiger charge is 2.55. The highest BCUT2D eigenvalue weighted by molar-refractivity contribution is 8.00. The van der Waals surface area contributed by atoms with E-state index in [9.17, 15) is 33.2 Å². The summed E-state index contributed by atoms with van der Waals surface area (Å²) in [5.41, 5.74) is 1.71. The number of thioether (sulfide) groups is 1. The van der Waals surface area contributed by atoms with Crippen LogP contribution in [0.1, 0.15) is 70.8 Å². The Kier molecular flexibility index (Phi) is 15.6. The fourth-order valence-electron chi connectivity index (χ4n) is 7.39. The summed E-state index contributed by atoms with van der Waals surface area (Å²) < 4.78 is 38.0. The third-order valence-electron chi connectivity index (χ3n) is 10.3. The van der Waals surface area contributed by atoms with Crippen LogP contribution in [0, 0.1) is 5.82 Å². The average Bonchev–Trinajstić information content (AvgIpc) is 3.59. The lowest BCUT2D eigenvalue weighted by molar-refractivity contribution is -0.684. The van der Waals surface area contributed by atoms with Crippen LogP contribution in [0.5, 0.6) is 5.75 Å². The Morgan fingerprint density at radius 1 is 0.881 bits per heavy atom. The van der Waals surface area contributed by atoms with Crippen LogP contribution < -0.4 is 36.9 Å². The van der Waals surface area contributed by atoms with Crippen molar-refractivity contribution in [3.8, 4) is 5.75 Å². The number of allylic oxidation sites excluding steroid dienone is 1. The molecule has 2 fully saturated rings. The van der Waals surface area contributed by atoms with Crippen molar-refractivity contribution in [1.29, 1.82) is 0 Å². The summed E-state index contributed by atoms with van der Waals surface area (Å²) in [6.07, 6.45) is 2.83. The molecule has 3 aliphatic heterocycles. The molecule has 18 heteroatoms. The predicted molar refractivity (Wildman–Crippen MR) is 241 cm³/mol. The van der Waals surface area contributed by atoms with Crippen molar-refractivity contribution in [2.45, 2.75) is 89.8 Å². The Morgan fingerprint density at radius 2 is 1.51 bits per heavy atom. The molecule has 1 aromatic heterocycles. The van der Waals surface area contributed by atoms with Gasteiger partial charge in [-0.2, -0.15) is 4.57 Å². The average molecular weight is 1000 g/mol. The van der Waals surface area contributed by atoms with Gasteiger partial charge >= 0.3 is 18.2 Å². The molecule has 3 aromatic carbocycles. The number of nitrogens with zero attached hydrogens (tertiary/aromatic N) is 3. The zero-order valence-corrected chi connectivity index (χ0v) is 40.2. The minimum Gasteiger partial charge on any atom is -1.00 e. The van der Waals surface area contributed by atoms with Crippen LogP contribution in [0.2, 0.25) is 0 Å². The summed E-state index contributed by atoms with van der Waals surface area (Å²) in [6.45, 7) is 10.7. The van der Waals surface area contributed by atoms with Crippen molar-refractivity contribution in [2.24, 2.45) is 0 Å². The minimum atomic E-state index is -1.05. The van der Waals surface area contributed by atoms with Crippen LogP contribution in [0.3, 0.4) is 0 Å². The second kappa shape index (κ2) is 21.0. The first-order valence-electron chi connectivity index (χ1n) is 21.3. The zero-order chi connectivity index (χ0) is 47.3. The number of amides is 4. The molecule has 0 radical (unpaired) electrons. The number of aromatic nitrogens is 1. The quantitative estimate of drug-likeness (QED) is 0.0523. The summed E-state index contributed by atoms with van der Waals surface area (Å²) >= 11 is 1.36. The van der Waals surface area contributed by atoms with Crippen LogP contribution in [-0.2, 0) is 46.5 Å². The van der Waals surface area contributed by atoms with Gasteiger partial charge in [0.25, 0.3) is 11.8 Å². The van der Waals surface area contributed by atoms with Gasteiger partial charge in [-0.1, -0.05) is 60.7 Å². The molecule has 4 amide bonds. The number of β-lactam (4-membered cyclic amide) rings is 1. The van der Waals surface area contributed by atoms with E-state index in [2.05, 4.69) is 10.6 Å². The first kappa shape index (κ1) is 49.9. The van der Waals surface area contributed by atoms with Crippen LogP contribution in [0.4, 0.5) is 19.7 Å². The van der Waals surface area contributed by atoms with Crippen molar-refractivity contribution in [1.82, 2.24) is 15.1 Å². The van der Waals surface area contributed by atoms with Gasteiger partial charge in [-0.25, -0.2) is 18.8 Å². The predicted octanol–water partition coefficient (Wildman–Crippen LogP) is 4.12. The number of anilines is 1. The molecule has 0 bridgehead atoms. The van der Waals surface area contributed by atoms with Crippen molar-refractivity contribution in [2.75, 3.05) is 17.6 Å². The molecular weight excluding hydrogens is 950 g/mol. The largest absolute Gasteiger partial charge is 1.00 e. The van der Waals surface area contributed by atoms with Gasteiger partial charge in [0, 0.05) is 48.3 Å². The SMILES string of the molecule is CC(C)(C)OC(=O)NC1C(=O)N2C(C(=O)OC(c3ccccc3)c3ccccc3)=C(C=C3CCN(Cc4cc[n+](CC(=O)Nc5ccc(OC(=O)OC(C)(C)C)c(F)c5)cc4)C3=O)CSC12.[Br-]. The van der Waals surface area contributed by atoms with E-state index >= 15 is 0 Å². The number of carbonyl (C=O) groups is 6. The molecule has 7 rings (SSSR count). The molecule has 4 aromatic rings. The fraction of sp³-hybridized carbons (Fsp3) is 0.327. The number of fused-ring (bicyclic) bond motifs is 1. The summed E-state index contributed by atoms with van der Waals surface area (Å²) in [5, 5.41) is 4.66. The summed E-state index contributed by atoms with van der Waals surface area (Å²) in [6, 6.07) is 24.8. The molecule has 4 heterocycles. The van der Waals surface area contributed by atoms with Gasteiger partial charge in [-0.15, -0.1) is 11.8 Å². The Bertz CT molecular complexity index is 2540. The molecule has 2 unspecified atom stereocenters. The minimum absolute atomic E-state index is 0. The van der Waals surface area contributed by atoms with Gasteiger partial charge in [0.15, 0.2) is 30.1 Å². The van der Waals surface area contributed by atoms with Gasteiger partial charge in [-0.3, -0.25) is 19.3 Å². The molecule has 0 saturated carbocycles. The van der Waals surface area contributed by atoms with E-state index in [1.165, 1.54) is 28.8 Å². The van der Waals surface area contributed by atoms with E-state index in [1.807, 2.05) is 60.7 Å². The second-order valence-electron chi connectivity index (χ2n) is 17.8. The molecular formula is C49H51BrFN5O10S. The molecule has 352 valence electrons. The van der Waals surface area contributed by atoms with E-state index in [-0.39, 0.29) is 58.9 Å². The summed E-state index contributed by atoms with van der Waals surface area (Å²) in [7, 11) is 0. The monoisotopic (exact) mass is 999 g/mol. The maximum atomic E-state index is 14.7. The number of nitrogens with one attached hydrogen (secondary N) is 2. The number of alkyl carbamates (subject to hydrolysis) is 1. The highest BCUT2D eigenvalue weighted by Crippen LogP contribution is 2.43. The number of benzene rings is 3. The van der Waals surface area contributed by atoms with Crippen LogP contribution in [0.15, 0.2) is 126 Å². The standard InChI is InChI=1S/C49H50FN5O10S.BrH/c1-48(2,3)64-46(60)52-39-43(58)55-40(45(59)63-41(31-13-9-7-10-14-31)32-15-11-8-12-16-32)34(29-66-44(39)55)25-33-21-24-54(42(33)57)27-30-19-22-53(23-20-30)28-38(56)51-35-17-18-37(36(50)26-35)62-47(61)65-49(4,5)6;/h7-20,22-23,25-26,39,41,44H,21,24,27-29H2,1-6H3,(H-,51,52,56,60);1H. The van der Waals surface area contributed by atoms with Crippen molar-refractivity contribution >= 4 is 53.4 Å². The first-order valence-corrected chi connectivity index (χ1v) is 22.3. The Hall–Kier alpha value is -6.53. The number of ether oxygens (including phenoxy) is 4. The maximum Gasteiger partial charge on any atom is 0.514 e. The third kappa shape index (κ3) is 12.7. The Balaban J connectivity index is 0.00000741. The van der Waals surface area contributed by atoms with Gasteiger partial charge in [0.05, 0.1) is 0 Å². The fourth-order valence-corrected chi connectivity index (χ4v) is 8.70. The number of halogens is 2. The van der Waals surface area contributed by atoms with Crippen molar-refractivity contribution in [3.05, 3.63) is 149 Å². The molecule has 0 aliphatic carbocycles. The van der Waals surface area contributed by atoms with Gasteiger partial charge in [0.1, 0.15) is 28.3 Å². The molecule has 3 aliphatic rings. The number of hydrogen-bond donors (Lipinski definition) is 2. The van der Waals surface area contributed by atoms with Gasteiger partial charge in [-0.05, 0) is 88.4 Å². The molecule has 2 N–H and O–H groups in total. The van der Waals surface area contributed by atoms with E-state index in [4.69, 9.17) is 18.9 Å². The third-order valence-corrected chi connectivity index (χ3v) is 11.6. The lowest BCUT2D eigenvalue weighted by Crippen LogP contribution is -3.00. The summed E-state index contributed by atoms with van der Waals surface area (Å²) in [4.78, 5) is 82.7. The molecule has 2 atom stereocenters. The number of pyridine rings is 1. The molecule has 15 nitrogen and oxygen atoms in total. The van der Waals surface area contributed by atoms with E-state index in [0.717, 1.165) is 22.8 Å². The Morgan fingerprint density at radius 3 is 2.10 bits per heavy atom. The number of carbonyl (C=O) groups excluding carboxylic acids is 6. The van der Waals surface area contributed by atoms with Gasteiger partial charge < -0.3 is 51.5 Å². The van der Waals surface area contributed by atoms with E-state index in [1.54, 1.807) is 81.6 Å². The van der Waals surface area contributed by atoms with Crippen LogP contribution >= 0.6 is 11.8 Å². The molecule has 0 spiro atoms. The zero-order valence-electron chi connectivity index (χ0n) is 37.7. The van der Waals surface area contributed by atoms with E-state index < -0.39 is 64.6 Å². The lowest BCUT2D eigenvalue weighted by atomic mass is 10.00. The molecule has 67 heavy (non-hydrogen) atoms. The highest BCUT2D eigenvalue weighted by atomic mass is 79.9. The topological polar surface area (TPSA) is 174 Å². The Labute approximate surface area is 402 Å². The normalized spacial score (nSPS) is 17.6. The second-order valence-corrected chi connectivity index (χ2v) is 18.9. The number of esters is 1. The maximum absolute atomic E-state index is 14.7. The van der Waals surface area contributed by atoms with Gasteiger partial charge in [0.2, 0.25) is 12.5 Å². The smallest absolute Gasteiger partial charge is 0.514 e. The number of likely N-dealkylation sites (tertiary alicyclic amines) is 1. The number of rotatable bonds is 12. The van der Waals surface area contributed by atoms with Crippen LogP contribution in [-0.4, -0.2) is 80.7 Å². The number of hydrogen-bond acceptors (Lipinski definition) is 11. The van der Waals surface area contributed by atoms with Crippen molar-refractivity contribution < 1.29 is 73.7 Å². The van der Waals surface area contributed by atoms with Crippen molar-refractivity contribution in [3.63, 3.8) is 0 Å². The van der Waals surface area contributed by atoms with E-state index in [0.29, 0.717) is 24.1 Å².